The molecule has 30 heavy (non-hydrogen) atoms. The average Bonchev–Trinajstić information content (AvgIpc) is 3.22. The fourth-order valence-electron chi connectivity index (χ4n) is 2.84. The minimum atomic E-state index is 0. The Morgan fingerprint density at radius 3 is 2.67 bits per heavy atom. The summed E-state index contributed by atoms with van der Waals surface area (Å²) in [5, 5.41) is 15.5. The SMILES string of the molecule is CCNC(=NCc1nncn1-c1ccccc1)NCCc1ccc(OC)cc1Cl.I. The first kappa shape index (κ1) is 23.9. The van der Waals surface area contributed by atoms with Gasteiger partial charge in [0.2, 0.25) is 0 Å². The number of nitrogens with zero attached hydrogens (tertiary/aromatic N) is 4. The zero-order valence-electron chi connectivity index (χ0n) is 17.0. The highest BCUT2D eigenvalue weighted by Gasteiger charge is 2.07. The van der Waals surface area contributed by atoms with Gasteiger partial charge in [0.1, 0.15) is 18.6 Å². The zero-order valence-corrected chi connectivity index (χ0v) is 20.1. The summed E-state index contributed by atoms with van der Waals surface area (Å²) in [7, 11) is 1.63. The van der Waals surface area contributed by atoms with Crippen LogP contribution in [0.2, 0.25) is 5.02 Å². The molecule has 0 radical (unpaired) electrons. The maximum Gasteiger partial charge on any atom is 0.191 e. The molecule has 0 saturated carbocycles. The van der Waals surface area contributed by atoms with Crippen LogP contribution in [0.5, 0.6) is 5.75 Å². The summed E-state index contributed by atoms with van der Waals surface area (Å²) in [6, 6.07) is 15.7. The van der Waals surface area contributed by atoms with Gasteiger partial charge < -0.3 is 15.4 Å². The van der Waals surface area contributed by atoms with Crippen LogP contribution in [0.4, 0.5) is 0 Å². The number of para-hydroxylation sites is 1. The Labute approximate surface area is 198 Å². The number of hydrogen-bond acceptors (Lipinski definition) is 4. The number of methoxy groups -OCH3 is 1. The van der Waals surface area contributed by atoms with Crippen LogP contribution < -0.4 is 15.4 Å². The zero-order chi connectivity index (χ0) is 20.5. The lowest BCUT2D eigenvalue weighted by molar-refractivity contribution is 0.414. The summed E-state index contributed by atoms with van der Waals surface area (Å²) >= 11 is 6.32. The summed E-state index contributed by atoms with van der Waals surface area (Å²) < 4.78 is 7.13. The van der Waals surface area contributed by atoms with E-state index in [4.69, 9.17) is 16.3 Å². The third kappa shape index (κ3) is 6.60. The van der Waals surface area contributed by atoms with Crippen molar-refractivity contribution in [2.24, 2.45) is 4.99 Å². The van der Waals surface area contributed by atoms with E-state index in [1.54, 1.807) is 13.4 Å². The average molecular weight is 541 g/mol. The molecule has 0 aliphatic rings. The highest BCUT2D eigenvalue weighted by Crippen LogP contribution is 2.22. The van der Waals surface area contributed by atoms with Crippen LogP contribution in [0, 0.1) is 0 Å². The molecule has 0 aliphatic carbocycles. The van der Waals surface area contributed by atoms with Crippen molar-refractivity contribution >= 4 is 41.5 Å². The van der Waals surface area contributed by atoms with E-state index in [-0.39, 0.29) is 24.0 Å². The van der Waals surface area contributed by atoms with Gasteiger partial charge in [0.05, 0.1) is 7.11 Å². The Kier molecular flexibility index (Phi) is 9.88. The second kappa shape index (κ2) is 12.4. The maximum absolute atomic E-state index is 6.32. The molecule has 2 aromatic carbocycles. The number of aromatic nitrogens is 3. The molecule has 1 heterocycles. The monoisotopic (exact) mass is 540 g/mol. The molecule has 9 heteroatoms. The standard InChI is InChI=1S/C21H25ClN6O.HI/c1-3-23-21(24-12-11-16-9-10-18(29-2)13-19(16)22)25-14-20-27-26-15-28(20)17-7-5-4-6-8-17;/h4-10,13,15H,3,11-12,14H2,1-2H3,(H2,23,24,25);1H. The van der Waals surface area contributed by atoms with Crippen molar-refractivity contribution in [3.05, 3.63) is 71.3 Å². The molecule has 0 bridgehead atoms. The van der Waals surface area contributed by atoms with Crippen LogP contribution in [0.25, 0.3) is 5.69 Å². The predicted molar refractivity (Wildman–Crippen MR) is 131 cm³/mol. The third-order valence-corrected chi connectivity index (χ3v) is 4.67. The third-order valence-electron chi connectivity index (χ3n) is 4.32. The van der Waals surface area contributed by atoms with Crippen molar-refractivity contribution in [1.29, 1.82) is 0 Å². The number of rotatable bonds is 8. The Morgan fingerprint density at radius 2 is 1.97 bits per heavy atom. The van der Waals surface area contributed by atoms with Gasteiger partial charge in [-0.3, -0.25) is 4.57 Å². The second-order valence-electron chi connectivity index (χ2n) is 6.28. The summed E-state index contributed by atoms with van der Waals surface area (Å²) in [4.78, 5) is 4.64. The summed E-state index contributed by atoms with van der Waals surface area (Å²) in [6.07, 6.45) is 2.47. The topological polar surface area (TPSA) is 76.4 Å². The van der Waals surface area contributed by atoms with E-state index in [2.05, 4.69) is 25.8 Å². The number of aliphatic imine (C=N–C) groups is 1. The molecule has 0 fully saturated rings. The van der Waals surface area contributed by atoms with Crippen molar-refractivity contribution in [1.82, 2.24) is 25.4 Å². The van der Waals surface area contributed by atoms with E-state index in [0.29, 0.717) is 18.1 Å². The number of guanidine groups is 1. The molecule has 3 aromatic rings. The quantitative estimate of drug-likeness (QED) is 0.258. The summed E-state index contributed by atoms with van der Waals surface area (Å²) in [5.41, 5.74) is 2.06. The van der Waals surface area contributed by atoms with Crippen molar-refractivity contribution in [2.75, 3.05) is 20.2 Å². The minimum absolute atomic E-state index is 0. The molecule has 0 aliphatic heterocycles. The highest BCUT2D eigenvalue weighted by atomic mass is 127. The van der Waals surface area contributed by atoms with Gasteiger partial charge in [-0.2, -0.15) is 0 Å². The molecule has 0 spiro atoms. The van der Waals surface area contributed by atoms with Gasteiger partial charge in [0.25, 0.3) is 0 Å². The molecular formula is C21H26ClIN6O. The van der Waals surface area contributed by atoms with E-state index >= 15 is 0 Å². The molecule has 0 amide bonds. The van der Waals surface area contributed by atoms with Crippen LogP contribution in [-0.2, 0) is 13.0 Å². The van der Waals surface area contributed by atoms with Gasteiger partial charge >= 0.3 is 0 Å². The number of nitrogens with one attached hydrogen (secondary N) is 2. The first-order chi connectivity index (χ1) is 14.2. The van der Waals surface area contributed by atoms with Gasteiger partial charge in [0, 0.05) is 23.8 Å². The van der Waals surface area contributed by atoms with Crippen LogP contribution in [0.15, 0.2) is 59.9 Å². The molecular weight excluding hydrogens is 515 g/mol. The van der Waals surface area contributed by atoms with Gasteiger partial charge in [-0.15, -0.1) is 34.2 Å². The Bertz CT molecular complexity index is 948. The second-order valence-corrected chi connectivity index (χ2v) is 6.69. The predicted octanol–water partition coefficient (Wildman–Crippen LogP) is 3.85. The summed E-state index contributed by atoms with van der Waals surface area (Å²) in [5.74, 6) is 2.25. The lowest BCUT2D eigenvalue weighted by Gasteiger charge is -2.12. The van der Waals surface area contributed by atoms with Crippen molar-refractivity contribution < 1.29 is 4.74 Å². The fraction of sp³-hybridized carbons (Fsp3) is 0.286. The smallest absolute Gasteiger partial charge is 0.191 e. The van der Waals surface area contributed by atoms with Crippen LogP contribution in [0.1, 0.15) is 18.3 Å². The highest BCUT2D eigenvalue weighted by molar-refractivity contribution is 14.0. The largest absolute Gasteiger partial charge is 0.497 e. The first-order valence-electron chi connectivity index (χ1n) is 9.50. The van der Waals surface area contributed by atoms with E-state index in [0.717, 1.165) is 41.7 Å². The van der Waals surface area contributed by atoms with Gasteiger partial charge in [0.15, 0.2) is 11.8 Å². The molecule has 160 valence electrons. The minimum Gasteiger partial charge on any atom is -0.497 e. The molecule has 0 saturated heterocycles. The van der Waals surface area contributed by atoms with E-state index < -0.39 is 0 Å². The van der Waals surface area contributed by atoms with E-state index in [1.165, 1.54) is 0 Å². The number of benzene rings is 2. The normalized spacial score (nSPS) is 11.0. The molecule has 1 aromatic heterocycles. The van der Waals surface area contributed by atoms with Crippen molar-refractivity contribution in [3.8, 4) is 11.4 Å². The Morgan fingerprint density at radius 1 is 1.17 bits per heavy atom. The number of hydrogen-bond donors (Lipinski definition) is 2. The maximum atomic E-state index is 6.32. The van der Waals surface area contributed by atoms with Crippen LogP contribution in [-0.4, -0.2) is 40.9 Å². The molecule has 2 N–H and O–H groups in total. The fourth-order valence-corrected chi connectivity index (χ4v) is 3.10. The molecule has 0 unspecified atom stereocenters. The Hall–Kier alpha value is -2.33. The van der Waals surface area contributed by atoms with Gasteiger partial charge in [-0.25, -0.2) is 4.99 Å². The summed E-state index contributed by atoms with van der Waals surface area (Å²) in [6.45, 7) is 3.90. The lowest BCUT2D eigenvalue weighted by Crippen LogP contribution is -2.38. The van der Waals surface area contributed by atoms with Gasteiger partial charge in [-0.05, 0) is 43.2 Å². The first-order valence-corrected chi connectivity index (χ1v) is 9.88. The Balaban J connectivity index is 0.00000320. The number of halogens is 2. The lowest BCUT2D eigenvalue weighted by atomic mass is 10.1. The number of ether oxygens (including phenoxy) is 1. The molecule has 0 atom stereocenters. The molecule has 3 rings (SSSR count). The van der Waals surface area contributed by atoms with Crippen molar-refractivity contribution in [2.45, 2.75) is 19.9 Å². The van der Waals surface area contributed by atoms with E-state index in [1.807, 2.05) is 60.0 Å². The van der Waals surface area contributed by atoms with Crippen molar-refractivity contribution in [3.63, 3.8) is 0 Å². The molecule has 7 nitrogen and oxygen atoms in total. The van der Waals surface area contributed by atoms with Crippen LogP contribution in [0.3, 0.4) is 0 Å². The van der Waals surface area contributed by atoms with Crippen LogP contribution >= 0.6 is 35.6 Å². The van der Waals surface area contributed by atoms with E-state index in [9.17, 15) is 0 Å². The van der Waals surface area contributed by atoms with Gasteiger partial charge in [-0.1, -0.05) is 35.9 Å².